The Balaban J connectivity index is 1.11. The number of carbonyl (C=O) groups is 1. The Morgan fingerprint density at radius 2 is 1.87 bits per heavy atom. The highest BCUT2D eigenvalue weighted by Crippen LogP contribution is 2.48. The predicted molar refractivity (Wildman–Crippen MR) is 118 cm³/mol. The molecular formula is C25H28N4O2. The zero-order valence-corrected chi connectivity index (χ0v) is 17.7. The molecule has 2 bridgehead atoms. The van der Waals surface area contributed by atoms with E-state index in [4.69, 9.17) is 10.00 Å². The average Bonchev–Trinajstić information content (AvgIpc) is 3.56. The number of benzene rings is 1. The summed E-state index contributed by atoms with van der Waals surface area (Å²) in [5.41, 5.74) is 2.10. The van der Waals surface area contributed by atoms with Crippen LogP contribution < -0.4 is 4.90 Å². The van der Waals surface area contributed by atoms with Crippen LogP contribution >= 0.6 is 0 Å². The maximum absolute atomic E-state index is 12.8. The minimum atomic E-state index is 0.170. The summed E-state index contributed by atoms with van der Waals surface area (Å²) in [7, 11) is 0. The number of nitriles is 1. The van der Waals surface area contributed by atoms with Gasteiger partial charge in [0.1, 0.15) is 11.9 Å². The van der Waals surface area contributed by atoms with Crippen molar-refractivity contribution in [1.29, 1.82) is 5.26 Å². The second-order valence-corrected chi connectivity index (χ2v) is 9.06. The molecule has 2 atom stereocenters. The molecule has 1 saturated carbocycles. The quantitative estimate of drug-likeness (QED) is 0.648. The van der Waals surface area contributed by atoms with Gasteiger partial charge in [-0.3, -0.25) is 4.79 Å². The van der Waals surface area contributed by atoms with E-state index in [0.29, 0.717) is 37.3 Å². The van der Waals surface area contributed by atoms with Crippen LogP contribution in [0.1, 0.15) is 43.2 Å². The van der Waals surface area contributed by atoms with Gasteiger partial charge in [0.25, 0.3) is 0 Å². The summed E-state index contributed by atoms with van der Waals surface area (Å²) < 4.78 is 5.96. The Morgan fingerprint density at radius 3 is 2.48 bits per heavy atom. The van der Waals surface area contributed by atoms with Crippen LogP contribution in [0.25, 0.3) is 0 Å². The number of nitrogens with zero attached hydrogens (tertiary/aromatic N) is 4. The first-order valence-electron chi connectivity index (χ1n) is 11.2. The number of hydrogen-bond acceptors (Lipinski definition) is 5. The first kappa shape index (κ1) is 20.0. The molecule has 1 aliphatic carbocycles. The largest absolute Gasteiger partial charge is 0.380 e. The molecule has 6 heteroatoms. The molecule has 5 rings (SSSR count). The van der Waals surface area contributed by atoms with E-state index in [1.165, 1.54) is 18.4 Å². The molecule has 1 aromatic carbocycles. The van der Waals surface area contributed by atoms with Crippen LogP contribution in [0.5, 0.6) is 0 Å². The lowest BCUT2D eigenvalue weighted by atomic mass is 9.97. The van der Waals surface area contributed by atoms with Gasteiger partial charge in [-0.05, 0) is 43.4 Å². The van der Waals surface area contributed by atoms with Gasteiger partial charge in [0.15, 0.2) is 0 Å². The molecule has 1 unspecified atom stereocenters. The van der Waals surface area contributed by atoms with E-state index in [-0.39, 0.29) is 11.3 Å². The molecule has 3 fully saturated rings. The van der Waals surface area contributed by atoms with Gasteiger partial charge in [-0.1, -0.05) is 30.3 Å². The van der Waals surface area contributed by atoms with Crippen LogP contribution in [0.2, 0.25) is 0 Å². The highest BCUT2D eigenvalue weighted by atomic mass is 16.5. The Kier molecular flexibility index (Phi) is 5.37. The van der Waals surface area contributed by atoms with E-state index in [1.807, 2.05) is 23.1 Å². The van der Waals surface area contributed by atoms with Gasteiger partial charge in [0.2, 0.25) is 5.91 Å². The van der Waals surface area contributed by atoms with Gasteiger partial charge in [-0.15, -0.1) is 0 Å². The normalized spacial score (nSPS) is 23.5. The summed E-state index contributed by atoms with van der Waals surface area (Å²) in [6.45, 7) is 2.67. The number of pyridine rings is 1. The lowest BCUT2D eigenvalue weighted by molar-refractivity contribution is -0.133. The van der Waals surface area contributed by atoms with Gasteiger partial charge in [-0.25, -0.2) is 4.98 Å². The van der Waals surface area contributed by atoms with E-state index in [2.05, 4.69) is 40.2 Å². The maximum Gasteiger partial charge on any atom is 0.225 e. The van der Waals surface area contributed by atoms with Gasteiger partial charge in [-0.2, -0.15) is 5.26 Å². The van der Waals surface area contributed by atoms with Crippen molar-refractivity contribution in [1.82, 2.24) is 9.88 Å². The van der Waals surface area contributed by atoms with Crippen molar-refractivity contribution in [3.05, 3.63) is 59.8 Å². The molecule has 3 aliphatic rings. The summed E-state index contributed by atoms with van der Waals surface area (Å²) >= 11 is 0. The molecule has 0 N–H and O–H groups in total. The molecule has 2 aromatic rings. The number of amides is 1. The molecule has 1 amide bonds. The molecule has 6 nitrogen and oxygen atoms in total. The highest BCUT2D eigenvalue weighted by Gasteiger charge is 2.44. The summed E-state index contributed by atoms with van der Waals surface area (Å²) in [6.07, 6.45) is 6.56. The van der Waals surface area contributed by atoms with Crippen LogP contribution in [-0.4, -0.2) is 54.2 Å². The molecule has 2 saturated heterocycles. The van der Waals surface area contributed by atoms with Crippen molar-refractivity contribution in [3.8, 4) is 6.07 Å². The summed E-state index contributed by atoms with van der Waals surface area (Å²) in [5, 5.41) is 8.99. The fourth-order valence-corrected chi connectivity index (χ4v) is 5.13. The number of anilines is 1. The third kappa shape index (κ3) is 4.03. The Hall–Kier alpha value is -2.91. The standard InChI is InChI=1S/C25H28N4O2/c26-14-19-6-9-23(27-15-19)29-21-7-8-22(29)17-28(16-21)24(30)10-13-31-18-25(11-12-25)20-4-2-1-3-5-20/h1-6,9,15,21-22H,7-8,10-13,16-18H2/t21-,22?/m0/s1. The number of rotatable bonds is 7. The summed E-state index contributed by atoms with van der Waals surface area (Å²) in [6, 6.07) is 17.0. The van der Waals surface area contributed by atoms with Crippen LogP contribution in [0, 0.1) is 11.3 Å². The topological polar surface area (TPSA) is 69.5 Å². The smallest absolute Gasteiger partial charge is 0.225 e. The van der Waals surface area contributed by atoms with Crippen molar-refractivity contribution >= 4 is 11.7 Å². The minimum Gasteiger partial charge on any atom is -0.380 e. The van der Waals surface area contributed by atoms with Crippen molar-refractivity contribution in [3.63, 3.8) is 0 Å². The van der Waals surface area contributed by atoms with Gasteiger partial charge >= 0.3 is 0 Å². The molecular weight excluding hydrogens is 388 g/mol. The lowest BCUT2D eigenvalue weighted by Gasteiger charge is -2.41. The average molecular weight is 417 g/mol. The highest BCUT2D eigenvalue weighted by molar-refractivity contribution is 5.77. The summed E-state index contributed by atoms with van der Waals surface area (Å²) in [4.78, 5) is 21.7. The van der Waals surface area contributed by atoms with Crippen LogP contribution in [-0.2, 0) is 14.9 Å². The lowest BCUT2D eigenvalue weighted by Crippen LogP contribution is -2.55. The summed E-state index contributed by atoms with van der Waals surface area (Å²) in [5.74, 6) is 1.10. The number of hydrogen-bond donors (Lipinski definition) is 0. The Labute approximate surface area is 183 Å². The van der Waals surface area contributed by atoms with Crippen LogP contribution in [0.15, 0.2) is 48.7 Å². The van der Waals surface area contributed by atoms with Crippen molar-refractivity contribution < 1.29 is 9.53 Å². The molecule has 1 aromatic heterocycles. The van der Waals surface area contributed by atoms with Crippen LogP contribution in [0.4, 0.5) is 5.82 Å². The van der Waals surface area contributed by atoms with Crippen molar-refractivity contribution in [2.75, 3.05) is 31.2 Å². The predicted octanol–water partition coefficient (Wildman–Crippen LogP) is 3.27. The number of piperazine rings is 1. The van der Waals surface area contributed by atoms with E-state index in [0.717, 1.165) is 31.7 Å². The third-order valence-corrected chi connectivity index (χ3v) is 7.05. The van der Waals surface area contributed by atoms with Gasteiger partial charge in [0, 0.05) is 36.8 Å². The molecule has 3 heterocycles. The Bertz CT molecular complexity index is 951. The SMILES string of the molecule is N#Cc1ccc(N2C3CC[C@H]2CN(C(=O)CCOCC2(c4ccccc4)CC2)C3)nc1. The number of ether oxygens (including phenoxy) is 1. The van der Waals surface area contributed by atoms with Crippen LogP contribution in [0.3, 0.4) is 0 Å². The second kappa shape index (κ2) is 8.32. The maximum atomic E-state index is 12.8. The zero-order valence-electron chi connectivity index (χ0n) is 17.7. The monoisotopic (exact) mass is 416 g/mol. The third-order valence-electron chi connectivity index (χ3n) is 7.05. The van der Waals surface area contributed by atoms with Crippen molar-refractivity contribution in [2.45, 2.75) is 49.6 Å². The number of aromatic nitrogens is 1. The van der Waals surface area contributed by atoms with E-state index in [1.54, 1.807) is 6.20 Å². The number of carbonyl (C=O) groups excluding carboxylic acids is 1. The first-order valence-corrected chi connectivity index (χ1v) is 11.2. The minimum absolute atomic E-state index is 0.170. The number of likely N-dealkylation sites (tertiary alicyclic amines) is 1. The number of fused-ring (bicyclic) bond motifs is 2. The fraction of sp³-hybridized carbons (Fsp3) is 0.480. The van der Waals surface area contributed by atoms with Crippen molar-refractivity contribution in [2.24, 2.45) is 0 Å². The van der Waals surface area contributed by atoms with E-state index in [9.17, 15) is 4.79 Å². The molecule has 31 heavy (non-hydrogen) atoms. The molecule has 160 valence electrons. The Morgan fingerprint density at radius 1 is 1.13 bits per heavy atom. The van der Waals surface area contributed by atoms with Gasteiger partial charge in [0.05, 0.1) is 25.2 Å². The zero-order chi connectivity index (χ0) is 21.3. The van der Waals surface area contributed by atoms with E-state index < -0.39 is 0 Å². The first-order chi connectivity index (χ1) is 15.2. The molecule has 0 radical (unpaired) electrons. The van der Waals surface area contributed by atoms with E-state index >= 15 is 0 Å². The molecule has 2 aliphatic heterocycles. The second-order valence-electron chi connectivity index (χ2n) is 9.06. The fourth-order valence-electron chi connectivity index (χ4n) is 5.13. The van der Waals surface area contributed by atoms with Gasteiger partial charge < -0.3 is 14.5 Å². The molecule has 0 spiro atoms.